The maximum absolute atomic E-state index is 12.2. The number of benzene rings is 2. The molecule has 0 radical (unpaired) electrons. The molecule has 122 valence electrons. The van der Waals surface area contributed by atoms with E-state index in [0.29, 0.717) is 0 Å². The van der Waals surface area contributed by atoms with Gasteiger partial charge in [0.05, 0.1) is 6.54 Å². The maximum atomic E-state index is 12.2. The molecule has 1 aromatic heterocycles. The topological polar surface area (TPSA) is 92.9 Å². The van der Waals surface area contributed by atoms with Crippen LogP contribution in [0.25, 0.3) is 0 Å². The van der Waals surface area contributed by atoms with E-state index in [0.717, 1.165) is 16.8 Å². The predicted molar refractivity (Wildman–Crippen MR) is 95.7 cm³/mol. The predicted octanol–water partition coefficient (Wildman–Crippen LogP) is 2.22. The summed E-state index contributed by atoms with van der Waals surface area (Å²) in [5, 5.41) is 3.03. The van der Waals surface area contributed by atoms with Crippen LogP contribution in [0.5, 0.6) is 0 Å². The van der Waals surface area contributed by atoms with Gasteiger partial charge in [-0.1, -0.05) is 48.5 Å². The highest BCUT2D eigenvalue weighted by molar-refractivity contribution is 5.70. The third kappa shape index (κ3) is 3.08. The molecule has 0 amide bonds. The summed E-state index contributed by atoms with van der Waals surface area (Å²) in [6.07, 6.45) is 0. The van der Waals surface area contributed by atoms with Crippen molar-refractivity contribution in [2.24, 2.45) is 0 Å². The van der Waals surface area contributed by atoms with E-state index in [-0.39, 0.29) is 18.1 Å². The Balaban J connectivity index is 2.05. The Kier molecular flexibility index (Phi) is 4.20. The van der Waals surface area contributed by atoms with Crippen molar-refractivity contribution in [3.63, 3.8) is 0 Å². The number of rotatable bonds is 4. The summed E-state index contributed by atoms with van der Waals surface area (Å²) in [5.74, 6) is 0.107. The number of aromatic nitrogens is 2. The number of H-pyrrole nitrogens is 1. The molecule has 0 aliphatic rings. The number of hydrogen-bond donors (Lipinski definition) is 3. The van der Waals surface area contributed by atoms with Gasteiger partial charge in [0, 0.05) is 5.69 Å². The van der Waals surface area contributed by atoms with Gasteiger partial charge in [0.15, 0.2) is 0 Å². The molecule has 0 saturated carbocycles. The minimum Gasteiger partial charge on any atom is -0.383 e. The van der Waals surface area contributed by atoms with Crippen LogP contribution in [-0.4, -0.2) is 9.55 Å². The Hall–Kier alpha value is -3.28. The smallest absolute Gasteiger partial charge is 0.330 e. The number of anilines is 3. The number of nitrogens with two attached hydrogens (primary N) is 1. The molecule has 0 atom stereocenters. The average Bonchev–Trinajstić information content (AvgIpc) is 2.58. The molecular formula is C18H18N4O2. The minimum atomic E-state index is -0.537. The van der Waals surface area contributed by atoms with Crippen LogP contribution in [0, 0.1) is 6.92 Å². The number of hydrogen-bond acceptors (Lipinski definition) is 4. The highest BCUT2D eigenvalue weighted by atomic mass is 16.2. The molecule has 6 heteroatoms. The second-order valence-corrected chi connectivity index (χ2v) is 5.53. The first-order valence-corrected chi connectivity index (χ1v) is 7.55. The van der Waals surface area contributed by atoms with E-state index < -0.39 is 11.2 Å². The van der Waals surface area contributed by atoms with E-state index in [4.69, 9.17) is 5.73 Å². The SMILES string of the molecule is Cc1ccccc1Nc1c(N)n(Cc2ccccc2)c(=O)[nH]c1=O. The van der Waals surface area contributed by atoms with Crippen molar-refractivity contribution in [1.82, 2.24) is 9.55 Å². The first kappa shape index (κ1) is 15.6. The van der Waals surface area contributed by atoms with Crippen LogP contribution in [0.4, 0.5) is 17.2 Å². The summed E-state index contributed by atoms with van der Waals surface area (Å²) in [5.41, 5.74) is 7.86. The lowest BCUT2D eigenvalue weighted by Gasteiger charge is -2.15. The maximum Gasteiger partial charge on any atom is 0.330 e. The molecule has 0 spiro atoms. The van der Waals surface area contributed by atoms with E-state index in [1.807, 2.05) is 61.5 Å². The zero-order valence-electron chi connectivity index (χ0n) is 13.2. The minimum absolute atomic E-state index is 0.107. The van der Waals surface area contributed by atoms with Crippen molar-refractivity contribution in [1.29, 1.82) is 0 Å². The molecule has 2 aromatic carbocycles. The summed E-state index contributed by atoms with van der Waals surface area (Å²) in [6, 6.07) is 17.0. The fraction of sp³-hybridized carbons (Fsp3) is 0.111. The van der Waals surface area contributed by atoms with Crippen molar-refractivity contribution in [2.75, 3.05) is 11.1 Å². The molecule has 0 saturated heterocycles. The number of nitrogens with one attached hydrogen (secondary N) is 2. The lowest BCUT2D eigenvalue weighted by Crippen LogP contribution is -2.34. The molecule has 3 aromatic rings. The molecule has 6 nitrogen and oxygen atoms in total. The van der Waals surface area contributed by atoms with E-state index in [2.05, 4.69) is 10.3 Å². The van der Waals surface area contributed by atoms with E-state index in [1.165, 1.54) is 4.57 Å². The Labute approximate surface area is 138 Å². The van der Waals surface area contributed by atoms with Crippen LogP contribution in [0.2, 0.25) is 0 Å². The summed E-state index contributed by atoms with van der Waals surface area (Å²) >= 11 is 0. The van der Waals surface area contributed by atoms with Crippen LogP contribution in [0.15, 0.2) is 64.2 Å². The molecule has 0 aliphatic heterocycles. The molecule has 4 N–H and O–H groups in total. The monoisotopic (exact) mass is 322 g/mol. The molecular weight excluding hydrogens is 304 g/mol. The van der Waals surface area contributed by atoms with Gasteiger partial charge in [-0.05, 0) is 24.1 Å². The van der Waals surface area contributed by atoms with Gasteiger partial charge in [-0.3, -0.25) is 14.3 Å². The lowest BCUT2D eigenvalue weighted by molar-refractivity contribution is 0.735. The van der Waals surface area contributed by atoms with Crippen molar-refractivity contribution in [3.8, 4) is 0 Å². The van der Waals surface area contributed by atoms with Crippen molar-refractivity contribution >= 4 is 17.2 Å². The zero-order valence-corrected chi connectivity index (χ0v) is 13.2. The summed E-state index contributed by atoms with van der Waals surface area (Å²) in [7, 11) is 0. The van der Waals surface area contributed by atoms with Gasteiger partial charge in [-0.2, -0.15) is 0 Å². The first-order valence-electron chi connectivity index (χ1n) is 7.55. The van der Waals surface area contributed by atoms with Gasteiger partial charge in [-0.25, -0.2) is 4.79 Å². The summed E-state index contributed by atoms with van der Waals surface area (Å²) in [6.45, 7) is 2.21. The van der Waals surface area contributed by atoms with Crippen LogP contribution >= 0.6 is 0 Å². The third-order valence-electron chi connectivity index (χ3n) is 3.83. The average molecular weight is 322 g/mol. The van der Waals surface area contributed by atoms with Crippen molar-refractivity contribution in [3.05, 3.63) is 86.6 Å². The fourth-order valence-electron chi connectivity index (χ4n) is 2.48. The van der Waals surface area contributed by atoms with E-state index in [9.17, 15) is 9.59 Å². The van der Waals surface area contributed by atoms with Gasteiger partial charge in [-0.15, -0.1) is 0 Å². The van der Waals surface area contributed by atoms with Gasteiger partial charge < -0.3 is 11.1 Å². The van der Waals surface area contributed by atoms with Gasteiger partial charge >= 0.3 is 5.69 Å². The molecule has 24 heavy (non-hydrogen) atoms. The molecule has 3 rings (SSSR count). The summed E-state index contributed by atoms with van der Waals surface area (Å²) < 4.78 is 1.34. The molecule has 0 aliphatic carbocycles. The van der Waals surface area contributed by atoms with Crippen molar-refractivity contribution < 1.29 is 0 Å². The van der Waals surface area contributed by atoms with E-state index >= 15 is 0 Å². The number of nitrogens with zero attached hydrogens (tertiary/aromatic N) is 1. The molecule has 0 bridgehead atoms. The van der Waals surface area contributed by atoms with Crippen LogP contribution < -0.4 is 22.3 Å². The van der Waals surface area contributed by atoms with Crippen LogP contribution in [0.1, 0.15) is 11.1 Å². The van der Waals surface area contributed by atoms with Crippen LogP contribution in [0.3, 0.4) is 0 Å². The largest absolute Gasteiger partial charge is 0.383 e. The van der Waals surface area contributed by atoms with Crippen molar-refractivity contribution in [2.45, 2.75) is 13.5 Å². The zero-order chi connectivity index (χ0) is 17.1. The fourth-order valence-corrected chi connectivity index (χ4v) is 2.48. The normalized spacial score (nSPS) is 10.5. The molecule has 1 heterocycles. The Morgan fingerprint density at radius 2 is 1.71 bits per heavy atom. The lowest BCUT2D eigenvalue weighted by atomic mass is 10.2. The Morgan fingerprint density at radius 3 is 2.42 bits per heavy atom. The molecule has 0 unspecified atom stereocenters. The number of aromatic amines is 1. The first-order chi connectivity index (χ1) is 11.6. The standard InChI is InChI=1S/C18H18N4O2/c1-12-7-5-6-10-14(12)20-15-16(19)22(18(24)21-17(15)23)11-13-8-3-2-4-9-13/h2-10,20H,11,19H2,1H3,(H,21,23,24). The van der Waals surface area contributed by atoms with Gasteiger partial charge in [0.2, 0.25) is 0 Å². The second-order valence-electron chi connectivity index (χ2n) is 5.53. The highest BCUT2D eigenvalue weighted by Gasteiger charge is 2.13. The Bertz CT molecular complexity index is 974. The highest BCUT2D eigenvalue weighted by Crippen LogP contribution is 2.21. The van der Waals surface area contributed by atoms with Gasteiger partial charge in [0.25, 0.3) is 5.56 Å². The summed E-state index contributed by atoms with van der Waals surface area (Å²) in [4.78, 5) is 26.6. The second kappa shape index (κ2) is 6.45. The third-order valence-corrected chi connectivity index (χ3v) is 3.83. The van der Waals surface area contributed by atoms with Gasteiger partial charge in [0.1, 0.15) is 11.5 Å². The number of para-hydroxylation sites is 1. The van der Waals surface area contributed by atoms with E-state index in [1.54, 1.807) is 0 Å². The molecule has 0 fully saturated rings. The quantitative estimate of drug-likeness (QED) is 0.686. The number of aryl methyl sites for hydroxylation is 1. The number of nitrogen functional groups attached to an aromatic ring is 1. The van der Waals surface area contributed by atoms with Crippen LogP contribution in [-0.2, 0) is 6.54 Å². The Morgan fingerprint density at radius 1 is 1.04 bits per heavy atom.